The van der Waals surface area contributed by atoms with Crippen molar-refractivity contribution in [2.45, 2.75) is 39.0 Å². The Hall–Kier alpha value is -2.30. The number of hydrogen-bond acceptors (Lipinski definition) is 3. The molecule has 0 aromatic heterocycles. The zero-order valence-corrected chi connectivity index (χ0v) is 16.2. The third-order valence-corrected chi connectivity index (χ3v) is 5.48. The summed E-state index contributed by atoms with van der Waals surface area (Å²) in [5.74, 6) is 1.27. The van der Waals surface area contributed by atoms with Gasteiger partial charge in [0.25, 0.3) is 0 Å². The summed E-state index contributed by atoms with van der Waals surface area (Å²) in [6.07, 6.45) is 9.07. The number of ether oxygens (including phenoxy) is 1. The van der Waals surface area contributed by atoms with Crippen molar-refractivity contribution in [2.75, 3.05) is 32.8 Å². The lowest BCUT2D eigenvalue weighted by atomic mass is 9.88. The quantitative estimate of drug-likeness (QED) is 0.747. The molecule has 1 saturated carbocycles. The number of nitrogens with zero attached hydrogens (tertiary/aromatic N) is 2. The van der Waals surface area contributed by atoms with Crippen molar-refractivity contribution in [3.63, 3.8) is 0 Å². The molecule has 0 atom stereocenters. The lowest BCUT2D eigenvalue weighted by Gasteiger charge is -2.36. The fourth-order valence-corrected chi connectivity index (χ4v) is 3.93. The molecule has 2 fully saturated rings. The van der Waals surface area contributed by atoms with Gasteiger partial charge < -0.3 is 14.5 Å². The summed E-state index contributed by atoms with van der Waals surface area (Å²) in [6.45, 7) is 5.04. The molecular weight excluding hydrogens is 340 g/mol. The van der Waals surface area contributed by atoms with Crippen molar-refractivity contribution < 1.29 is 14.3 Å². The van der Waals surface area contributed by atoms with Crippen LogP contribution in [0.2, 0.25) is 0 Å². The van der Waals surface area contributed by atoms with E-state index in [2.05, 4.69) is 0 Å². The van der Waals surface area contributed by atoms with E-state index < -0.39 is 0 Å². The molecule has 27 heavy (non-hydrogen) atoms. The van der Waals surface area contributed by atoms with Gasteiger partial charge in [-0.15, -0.1) is 0 Å². The van der Waals surface area contributed by atoms with E-state index in [1.54, 1.807) is 6.08 Å². The van der Waals surface area contributed by atoms with Gasteiger partial charge >= 0.3 is 0 Å². The molecule has 0 N–H and O–H groups in total. The zero-order valence-electron chi connectivity index (χ0n) is 16.2. The Morgan fingerprint density at radius 3 is 2.41 bits per heavy atom. The van der Waals surface area contributed by atoms with Crippen molar-refractivity contribution in [1.82, 2.24) is 9.80 Å². The molecule has 1 aromatic rings. The third kappa shape index (κ3) is 5.12. The topological polar surface area (TPSA) is 49.9 Å². The maximum atomic E-state index is 12.6. The van der Waals surface area contributed by atoms with Crippen LogP contribution in [0, 0.1) is 5.92 Å². The molecule has 1 heterocycles. The van der Waals surface area contributed by atoms with Crippen LogP contribution in [0.15, 0.2) is 30.3 Å². The highest BCUT2D eigenvalue weighted by molar-refractivity contribution is 5.92. The maximum absolute atomic E-state index is 12.6. The average Bonchev–Trinajstić information content (AvgIpc) is 2.73. The number of carbonyl (C=O) groups is 2. The van der Waals surface area contributed by atoms with Crippen LogP contribution in [-0.4, -0.2) is 54.4 Å². The Morgan fingerprint density at radius 2 is 1.70 bits per heavy atom. The first-order valence-corrected chi connectivity index (χ1v) is 10.2. The molecule has 3 rings (SSSR count). The van der Waals surface area contributed by atoms with Crippen molar-refractivity contribution >= 4 is 17.9 Å². The fraction of sp³-hybridized carbons (Fsp3) is 0.545. The van der Waals surface area contributed by atoms with Gasteiger partial charge in [0.2, 0.25) is 11.8 Å². The Balaban J connectivity index is 1.52. The summed E-state index contributed by atoms with van der Waals surface area (Å²) in [6, 6.07) is 7.70. The maximum Gasteiger partial charge on any atom is 0.246 e. The predicted octanol–water partition coefficient (Wildman–Crippen LogP) is 3.35. The van der Waals surface area contributed by atoms with Crippen LogP contribution in [-0.2, 0) is 9.59 Å². The first kappa shape index (κ1) is 19.5. The Bertz CT molecular complexity index is 672. The van der Waals surface area contributed by atoms with Crippen LogP contribution in [0.4, 0.5) is 0 Å². The van der Waals surface area contributed by atoms with Crippen molar-refractivity contribution in [3.05, 3.63) is 35.9 Å². The van der Waals surface area contributed by atoms with E-state index in [0.29, 0.717) is 38.7 Å². The molecule has 0 spiro atoms. The Labute approximate surface area is 162 Å². The molecule has 1 aliphatic carbocycles. The molecule has 1 saturated heterocycles. The van der Waals surface area contributed by atoms with E-state index in [9.17, 15) is 9.59 Å². The second kappa shape index (κ2) is 9.58. The second-order valence-corrected chi connectivity index (χ2v) is 7.29. The van der Waals surface area contributed by atoms with E-state index in [-0.39, 0.29) is 11.8 Å². The van der Waals surface area contributed by atoms with Crippen LogP contribution in [0.1, 0.15) is 44.6 Å². The van der Waals surface area contributed by atoms with Crippen LogP contribution >= 0.6 is 0 Å². The molecule has 5 heteroatoms. The third-order valence-electron chi connectivity index (χ3n) is 5.48. The standard InChI is InChI=1S/C22H30N2O3/c1-2-27-20-11-7-6-8-18(20)12-13-21(25)23-14-16-24(17-15-23)22(26)19-9-4-3-5-10-19/h6-8,11-13,19H,2-5,9-10,14-17H2,1H3/b13-12+. The number of benzene rings is 1. The van der Waals surface area contributed by atoms with Crippen LogP contribution in [0.3, 0.4) is 0 Å². The van der Waals surface area contributed by atoms with Crippen LogP contribution in [0.5, 0.6) is 5.75 Å². The van der Waals surface area contributed by atoms with Gasteiger partial charge in [-0.1, -0.05) is 37.5 Å². The predicted molar refractivity (Wildman–Crippen MR) is 106 cm³/mol. The molecule has 5 nitrogen and oxygen atoms in total. The van der Waals surface area contributed by atoms with Gasteiger partial charge in [0.05, 0.1) is 6.61 Å². The van der Waals surface area contributed by atoms with Crippen LogP contribution in [0.25, 0.3) is 6.08 Å². The van der Waals surface area contributed by atoms with Crippen molar-refractivity contribution in [1.29, 1.82) is 0 Å². The number of para-hydroxylation sites is 1. The molecular formula is C22H30N2O3. The van der Waals surface area contributed by atoms with Gasteiger partial charge in [0.15, 0.2) is 0 Å². The summed E-state index contributed by atoms with van der Waals surface area (Å²) in [5.41, 5.74) is 0.902. The molecule has 1 aromatic carbocycles. The average molecular weight is 370 g/mol. The molecule has 2 amide bonds. The van der Waals surface area contributed by atoms with E-state index in [4.69, 9.17) is 4.74 Å². The molecule has 1 aliphatic heterocycles. The zero-order chi connectivity index (χ0) is 19.1. The normalized spacial score (nSPS) is 18.7. The van der Waals surface area contributed by atoms with Gasteiger partial charge in [-0.2, -0.15) is 0 Å². The molecule has 0 bridgehead atoms. The number of amides is 2. The Kier molecular flexibility index (Phi) is 6.91. The largest absolute Gasteiger partial charge is 0.493 e. The Morgan fingerprint density at radius 1 is 1.04 bits per heavy atom. The highest BCUT2D eigenvalue weighted by Gasteiger charge is 2.29. The minimum Gasteiger partial charge on any atom is -0.493 e. The SMILES string of the molecule is CCOc1ccccc1/C=C/C(=O)N1CCN(C(=O)C2CCCCC2)CC1. The van der Waals surface area contributed by atoms with E-state index in [1.165, 1.54) is 19.3 Å². The van der Waals surface area contributed by atoms with Crippen molar-refractivity contribution in [3.8, 4) is 5.75 Å². The summed E-state index contributed by atoms with van der Waals surface area (Å²) in [5, 5.41) is 0. The van der Waals surface area contributed by atoms with E-state index >= 15 is 0 Å². The second-order valence-electron chi connectivity index (χ2n) is 7.29. The number of rotatable bonds is 5. The summed E-state index contributed by atoms with van der Waals surface area (Å²) >= 11 is 0. The molecule has 146 valence electrons. The minimum atomic E-state index is -0.00827. The fourth-order valence-electron chi connectivity index (χ4n) is 3.93. The van der Waals surface area contributed by atoms with Gasteiger partial charge in [-0.25, -0.2) is 0 Å². The molecule has 2 aliphatic rings. The van der Waals surface area contributed by atoms with Gasteiger partial charge in [-0.05, 0) is 31.9 Å². The highest BCUT2D eigenvalue weighted by atomic mass is 16.5. The number of carbonyl (C=O) groups excluding carboxylic acids is 2. The van der Waals surface area contributed by atoms with E-state index in [0.717, 1.165) is 24.2 Å². The van der Waals surface area contributed by atoms with Crippen molar-refractivity contribution in [2.24, 2.45) is 5.92 Å². The molecule has 0 radical (unpaired) electrons. The first-order chi connectivity index (χ1) is 13.2. The first-order valence-electron chi connectivity index (χ1n) is 10.2. The van der Waals surface area contributed by atoms with Gasteiger partial charge in [0, 0.05) is 43.7 Å². The highest BCUT2D eigenvalue weighted by Crippen LogP contribution is 2.26. The minimum absolute atomic E-state index is 0.00827. The lowest BCUT2D eigenvalue weighted by Crippen LogP contribution is -2.51. The lowest BCUT2D eigenvalue weighted by molar-refractivity contribution is -0.141. The van der Waals surface area contributed by atoms with Crippen LogP contribution < -0.4 is 4.74 Å². The summed E-state index contributed by atoms with van der Waals surface area (Å²) in [7, 11) is 0. The number of hydrogen-bond donors (Lipinski definition) is 0. The van der Waals surface area contributed by atoms with Gasteiger partial charge in [-0.3, -0.25) is 9.59 Å². The van der Waals surface area contributed by atoms with E-state index in [1.807, 2.05) is 47.1 Å². The summed E-state index contributed by atoms with van der Waals surface area (Å²) < 4.78 is 5.59. The smallest absolute Gasteiger partial charge is 0.246 e. The number of piperazine rings is 1. The van der Waals surface area contributed by atoms with Gasteiger partial charge in [0.1, 0.15) is 5.75 Å². The molecule has 0 unspecified atom stereocenters. The monoisotopic (exact) mass is 370 g/mol. The summed E-state index contributed by atoms with van der Waals surface area (Å²) in [4.78, 5) is 28.9.